The first-order valence-electron chi connectivity index (χ1n) is 8.34. The van der Waals surface area contributed by atoms with Crippen molar-refractivity contribution >= 4 is 17.9 Å². The van der Waals surface area contributed by atoms with E-state index in [1.54, 1.807) is 50.2 Å². The van der Waals surface area contributed by atoms with Gasteiger partial charge in [0.25, 0.3) is 5.91 Å². The molecule has 6 heteroatoms. The van der Waals surface area contributed by atoms with Gasteiger partial charge < -0.3 is 10.1 Å². The van der Waals surface area contributed by atoms with Crippen molar-refractivity contribution in [2.45, 2.75) is 26.9 Å². The van der Waals surface area contributed by atoms with Crippen molar-refractivity contribution in [3.05, 3.63) is 70.8 Å². The largest absolute Gasteiger partial charge is 0.444 e. The normalized spacial score (nSPS) is 11.3. The van der Waals surface area contributed by atoms with Crippen LogP contribution in [0.1, 0.15) is 40.1 Å². The molecule has 0 aliphatic carbocycles. The molecular formula is C20H22N2O4. The zero-order valence-corrected chi connectivity index (χ0v) is 15.0. The van der Waals surface area contributed by atoms with Gasteiger partial charge in [-0.25, -0.2) is 9.59 Å². The number of aryl methyl sites for hydroxylation is 2. The first-order chi connectivity index (χ1) is 12.4. The van der Waals surface area contributed by atoms with Gasteiger partial charge in [-0.05, 0) is 32.4 Å². The van der Waals surface area contributed by atoms with Gasteiger partial charge in [0.15, 0.2) is 0 Å². The quantitative estimate of drug-likeness (QED) is 0.808. The summed E-state index contributed by atoms with van der Waals surface area (Å²) >= 11 is 0. The minimum atomic E-state index is -1.23. The summed E-state index contributed by atoms with van der Waals surface area (Å²) in [6.07, 6.45) is -1.23. The number of hydrogen-bond donors (Lipinski definition) is 2. The maximum absolute atomic E-state index is 12.6. The average Bonchev–Trinajstić information content (AvgIpc) is 2.62. The molecule has 0 fully saturated rings. The smallest absolute Gasteiger partial charge is 0.339 e. The summed E-state index contributed by atoms with van der Waals surface area (Å²) in [5.74, 6) is -1.33. The van der Waals surface area contributed by atoms with Crippen molar-refractivity contribution in [1.29, 1.82) is 0 Å². The third kappa shape index (κ3) is 4.92. The molecule has 0 saturated carbocycles. The SMILES string of the molecule is CCNC(=O)NC(=O)[C@H](OC(=O)c1cc(C)ccc1C)c1ccccc1. The molecule has 0 unspecified atom stereocenters. The van der Waals surface area contributed by atoms with Crippen LogP contribution in [0, 0.1) is 13.8 Å². The summed E-state index contributed by atoms with van der Waals surface area (Å²) in [5.41, 5.74) is 2.52. The number of nitrogens with one attached hydrogen (secondary N) is 2. The van der Waals surface area contributed by atoms with E-state index >= 15 is 0 Å². The minimum absolute atomic E-state index is 0.372. The van der Waals surface area contributed by atoms with Crippen LogP contribution in [0.15, 0.2) is 48.5 Å². The van der Waals surface area contributed by atoms with Crippen molar-refractivity contribution in [3.8, 4) is 0 Å². The van der Waals surface area contributed by atoms with E-state index in [4.69, 9.17) is 4.74 Å². The molecular weight excluding hydrogens is 332 g/mol. The third-order valence-electron chi connectivity index (χ3n) is 3.75. The third-order valence-corrected chi connectivity index (χ3v) is 3.75. The fraction of sp³-hybridized carbons (Fsp3) is 0.250. The van der Waals surface area contributed by atoms with Crippen LogP contribution in [-0.4, -0.2) is 24.5 Å². The maximum Gasteiger partial charge on any atom is 0.339 e. The van der Waals surface area contributed by atoms with Gasteiger partial charge in [0.1, 0.15) is 0 Å². The predicted molar refractivity (Wildman–Crippen MR) is 97.7 cm³/mol. The molecule has 3 amide bonds. The molecule has 1 atom stereocenters. The van der Waals surface area contributed by atoms with Crippen LogP contribution in [-0.2, 0) is 9.53 Å². The zero-order chi connectivity index (χ0) is 19.1. The molecule has 2 aromatic carbocycles. The molecule has 0 heterocycles. The van der Waals surface area contributed by atoms with Crippen LogP contribution < -0.4 is 10.6 Å². The van der Waals surface area contributed by atoms with Gasteiger partial charge in [0.2, 0.25) is 6.10 Å². The van der Waals surface area contributed by atoms with Crippen LogP contribution in [0.5, 0.6) is 0 Å². The number of ether oxygens (including phenoxy) is 1. The number of hydrogen-bond acceptors (Lipinski definition) is 4. The number of carbonyl (C=O) groups is 3. The molecule has 0 aliphatic rings. The van der Waals surface area contributed by atoms with Crippen LogP contribution >= 0.6 is 0 Å². The number of amides is 3. The van der Waals surface area contributed by atoms with Crippen LogP contribution in [0.3, 0.4) is 0 Å². The number of esters is 1. The Balaban J connectivity index is 2.27. The standard InChI is InChI=1S/C20H22N2O4/c1-4-21-20(25)22-18(23)17(15-8-6-5-7-9-15)26-19(24)16-12-13(2)10-11-14(16)3/h5-12,17H,4H2,1-3H3,(H2,21,22,23,25)/t17-/m1/s1. The molecule has 136 valence electrons. The average molecular weight is 354 g/mol. The van der Waals surface area contributed by atoms with Crippen molar-refractivity contribution in [1.82, 2.24) is 10.6 Å². The minimum Gasteiger partial charge on any atom is -0.444 e. The van der Waals surface area contributed by atoms with E-state index in [2.05, 4.69) is 10.6 Å². The van der Waals surface area contributed by atoms with Gasteiger partial charge in [-0.1, -0.05) is 48.0 Å². The van der Waals surface area contributed by atoms with E-state index in [9.17, 15) is 14.4 Å². The molecule has 0 bridgehead atoms. The molecule has 0 aromatic heterocycles. The lowest BCUT2D eigenvalue weighted by molar-refractivity contribution is -0.129. The van der Waals surface area contributed by atoms with Crippen LogP contribution in [0.2, 0.25) is 0 Å². The highest BCUT2D eigenvalue weighted by atomic mass is 16.5. The van der Waals surface area contributed by atoms with Crippen molar-refractivity contribution < 1.29 is 19.1 Å². The number of benzene rings is 2. The predicted octanol–water partition coefficient (Wildman–Crippen LogP) is 3.05. The van der Waals surface area contributed by atoms with E-state index in [-0.39, 0.29) is 0 Å². The summed E-state index contributed by atoms with van der Waals surface area (Å²) in [5, 5.41) is 4.67. The summed E-state index contributed by atoms with van der Waals surface area (Å²) < 4.78 is 5.47. The Hall–Kier alpha value is -3.15. The van der Waals surface area contributed by atoms with E-state index in [0.717, 1.165) is 11.1 Å². The van der Waals surface area contributed by atoms with E-state index in [0.29, 0.717) is 17.7 Å². The van der Waals surface area contributed by atoms with Gasteiger partial charge in [-0.3, -0.25) is 10.1 Å². The van der Waals surface area contributed by atoms with Crippen molar-refractivity contribution in [2.24, 2.45) is 0 Å². The Labute approximate surface area is 152 Å². The number of rotatable bonds is 5. The van der Waals surface area contributed by atoms with Gasteiger partial charge in [0, 0.05) is 12.1 Å². The lowest BCUT2D eigenvalue weighted by Crippen LogP contribution is -2.42. The first-order valence-corrected chi connectivity index (χ1v) is 8.34. The Bertz CT molecular complexity index is 803. The Morgan fingerprint density at radius 2 is 1.73 bits per heavy atom. The second kappa shape index (κ2) is 8.80. The Kier molecular flexibility index (Phi) is 6.49. The molecule has 26 heavy (non-hydrogen) atoms. The second-order valence-corrected chi connectivity index (χ2v) is 5.86. The monoisotopic (exact) mass is 354 g/mol. The molecule has 2 aromatic rings. The molecule has 0 saturated heterocycles. The first kappa shape index (κ1) is 19.2. The highest BCUT2D eigenvalue weighted by molar-refractivity contribution is 5.99. The lowest BCUT2D eigenvalue weighted by Gasteiger charge is -2.18. The van der Waals surface area contributed by atoms with Gasteiger partial charge in [-0.15, -0.1) is 0 Å². The highest BCUT2D eigenvalue weighted by Crippen LogP contribution is 2.21. The van der Waals surface area contributed by atoms with Crippen molar-refractivity contribution in [3.63, 3.8) is 0 Å². The Morgan fingerprint density at radius 3 is 2.38 bits per heavy atom. The molecule has 2 N–H and O–H groups in total. The van der Waals surface area contributed by atoms with E-state index in [1.165, 1.54) is 0 Å². The molecule has 6 nitrogen and oxygen atoms in total. The Morgan fingerprint density at radius 1 is 1.04 bits per heavy atom. The zero-order valence-electron chi connectivity index (χ0n) is 15.0. The summed E-state index contributed by atoms with van der Waals surface area (Å²) in [6, 6.07) is 13.4. The van der Waals surface area contributed by atoms with Gasteiger partial charge in [-0.2, -0.15) is 0 Å². The number of imide groups is 1. The van der Waals surface area contributed by atoms with Gasteiger partial charge >= 0.3 is 12.0 Å². The summed E-state index contributed by atoms with van der Waals surface area (Å²) in [7, 11) is 0. The second-order valence-electron chi connectivity index (χ2n) is 5.86. The van der Waals surface area contributed by atoms with E-state index < -0.39 is 24.0 Å². The van der Waals surface area contributed by atoms with Crippen LogP contribution in [0.25, 0.3) is 0 Å². The lowest BCUT2D eigenvalue weighted by atomic mass is 10.1. The highest BCUT2D eigenvalue weighted by Gasteiger charge is 2.27. The molecule has 0 spiro atoms. The summed E-state index contributed by atoms with van der Waals surface area (Å²) in [6.45, 7) is 5.77. The fourth-order valence-electron chi connectivity index (χ4n) is 2.41. The fourth-order valence-corrected chi connectivity index (χ4v) is 2.41. The summed E-state index contributed by atoms with van der Waals surface area (Å²) in [4.78, 5) is 36.8. The molecule has 0 aliphatic heterocycles. The topological polar surface area (TPSA) is 84.5 Å². The van der Waals surface area contributed by atoms with Crippen molar-refractivity contribution in [2.75, 3.05) is 6.54 Å². The van der Waals surface area contributed by atoms with E-state index in [1.807, 2.05) is 19.1 Å². The number of urea groups is 1. The molecule has 2 rings (SSSR count). The number of carbonyl (C=O) groups excluding carboxylic acids is 3. The van der Waals surface area contributed by atoms with Crippen LogP contribution in [0.4, 0.5) is 4.79 Å². The molecule has 0 radical (unpaired) electrons. The van der Waals surface area contributed by atoms with Gasteiger partial charge in [0.05, 0.1) is 5.56 Å². The maximum atomic E-state index is 12.6.